The van der Waals surface area contributed by atoms with E-state index in [4.69, 9.17) is 52.1 Å². The Morgan fingerprint density at radius 1 is 0.405 bits per heavy atom. The van der Waals surface area contributed by atoms with E-state index in [1.807, 2.05) is 0 Å². The molecule has 0 aliphatic rings. The van der Waals surface area contributed by atoms with Gasteiger partial charge in [-0.2, -0.15) is 0 Å². The van der Waals surface area contributed by atoms with Gasteiger partial charge in [-0.05, 0) is 0 Å². The Morgan fingerprint density at radius 2 is 0.649 bits per heavy atom. The second-order valence-corrected chi connectivity index (χ2v) is 27.6. The van der Waals surface area contributed by atoms with Crippen LogP contribution < -0.4 is 18.9 Å². The van der Waals surface area contributed by atoms with Crippen molar-refractivity contribution in [1.82, 2.24) is 18.9 Å². The predicted molar refractivity (Wildman–Crippen MR) is 255 cm³/mol. The summed E-state index contributed by atoms with van der Waals surface area (Å²) in [6.07, 6.45) is -5.00. The zero-order valence-electron chi connectivity index (χ0n) is 41.0. The van der Waals surface area contributed by atoms with E-state index in [-0.39, 0.29) is 111 Å². The van der Waals surface area contributed by atoms with Crippen LogP contribution in [0.1, 0.15) is 66.7 Å². The molecule has 0 aliphatic heterocycles. The van der Waals surface area contributed by atoms with Crippen LogP contribution in [0.3, 0.4) is 0 Å². The molecule has 0 aliphatic carbocycles. The van der Waals surface area contributed by atoms with Crippen LogP contribution in [0.5, 0.6) is 0 Å². The van der Waals surface area contributed by atoms with Crippen molar-refractivity contribution < 1.29 is 164 Å². The number of carbonyl (C=O) groups excluding carboxylic acids is 5. The first-order chi connectivity index (χ1) is 35.2. The van der Waals surface area contributed by atoms with E-state index in [0.717, 1.165) is 6.26 Å². The zero-order chi connectivity index (χ0) is 56.0. The summed E-state index contributed by atoms with van der Waals surface area (Å²) >= 11 is 8.97. The number of hydrogen-bond acceptors (Lipinski definition) is 26. The predicted octanol–water partition coefficient (Wildman–Crippen LogP) is 2.98. The molecular weight excluding hydrogens is 1320 g/mol. The van der Waals surface area contributed by atoms with Gasteiger partial charge in [-0.25, -0.2) is 0 Å². The summed E-state index contributed by atoms with van der Waals surface area (Å²) in [6, 6.07) is 0. The Balaban J connectivity index is 6.92. The summed E-state index contributed by atoms with van der Waals surface area (Å²) in [5, 5.41) is 0. The molecule has 74 heavy (non-hydrogen) atoms. The first-order valence-electron chi connectivity index (χ1n) is 21.7. The Morgan fingerprint density at radius 3 is 0.905 bits per heavy atom. The Labute approximate surface area is 480 Å². The summed E-state index contributed by atoms with van der Waals surface area (Å²) < 4.78 is 135. The van der Waals surface area contributed by atoms with Gasteiger partial charge < -0.3 is 0 Å². The standard InChI is InChI=1S/C38H61O16.5Co.5H2NS.5O/c1-7-13-32(39)49-20-18-44-28-30(47-22-24-51-34(41)15-9-3)37(46-12-6)38(54-27-26-53-36(43)17-11-5)31(48-23-25-52-35(42)16-10-4)29-45-19-21-50-33(40)14-8-2;;;;;;5*1-2;;;;;/h7-12,30-31,37-38H,6,13-29H2,1-5H3;;;;;;5*1-2H;;;;;/q;5*+1;5*-1;;;;;. The fourth-order valence-corrected chi connectivity index (χ4v) is 11.3. The minimum absolute atomic E-state index is 0.184. The number of hydrogen-bond donors (Lipinski definition) is 10. The summed E-state index contributed by atoms with van der Waals surface area (Å²) in [6.45, 7) is 8.04. The Kier molecular flexibility index (Phi) is 45.4. The van der Waals surface area contributed by atoms with Gasteiger partial charge in [-0.15, -0.1) is 0 Å². The van der Waals surface area contributed by atoms with E-state index in [9.17, 15) is 43.3 Å². The normalized spacial score (nSPS) is 16.1. The molecule has 0 amide bonds. The second kappa shape index (κ2) is 45.5. The fourth-order valence-electron chi connectivity index (χ4n) is 5.34. The van der Waals surface area contributed by atoms with E-state index in [0.29, 0.717) is 0 Å². The summed E-state index contributed by atoms with van der Waals surface area (Å²) in [7, 11) is 0. The molecule has 0 aromatic carbocycles. The van der Waals surface area contributed by atoms with Crippen molar-refractivity contribution in [3.8, 4) is 0 Å². The number of esters is 5. The third kappa shape index (κ3) is 34.7. The van der Waals surface area contributed by atoms with Crippen molar-refractivity contribution >= 4 is 93.9 Å². The molecule has 9 atom stereocenters. The number of rotatable bonds is 47. The van der Waals surface area contributed by atoms with Crippen LogP contribution in [0, 0.1) is 0 Å². The first kappa shape index (κ1) is 73.8. The van der Waals surface area contributed by atoms with Crippen LogP contribution in [0.25, 0.3) is 0 Å². The molecule has 5 N–H and O–H groups in total. The van der Waals surface area contributed by atoms with Crippen LogP contribution in [0.4, 0.5) is 0 Å². The van der Waals surface area contributed by atoms with Gasteiger partial charge in [0.1, 0.15) is 0 Å². The fraction of sp³-hybridized carbons (Fsp3) is 0.816. The summed E-state index contributed by atoms with van der Waals surface area (Å²) in [5.74, 6) is -3.43. The number of ether oxygens (including phenoxy) is 11. The van der Waals surface area contributed by atoms with E-state index < -0.39 is 148 Å². The third-order valence-corrected chi connectivity index (χ3v) is 18.8. The van der Waals surface area contributed by atoms with E-state index in [2.05, 4.69) is 89.5 Å². The molecule has 449 valence electrons. The quantitative estimate of drug-likeness (QED) is 0.0138. The molecule has 0 rings (SSSR count). The molecule has 0 heterocycles. The van der Waals surface area contributed by atoms with Gasteiger partial charge in [0.2, 0.25) is 0 Å². The monoisotopic (exact) mass is 1390 g/mol. The molecule has 36 heteroatoms. The number of carbonyl (C=O) groups is 5. The topological polar surface area (TPSA) is 332 Å². The van der Waals surface area contributed by atoms with Crippen molar-refractivity contribution in [2.75, 3.05) is 79.3 Å². The number of thiol groups is 5. The van der Waals surface area contributed by atoms with Crippen molar-refractivity contribution in [3.05, 3.63) is 12.8 Å². The summed E-state index contributed by atoms with van der Waals surface area (Å²) in [4.78, 5) is 59.8. The molecule has 26 nitrogen and oxygen atoms in total. The average molecular weight is 1390 g/mol. The third-order valence-electron chi connectivity index (χ3n) is 8.92. The maximum atomic E-state index is 12.7. The van der Waals surface area contributed by atoms with E-state index in [1.54, 1.807) is 34.6 Å². The van der Waals surface area contributed by atoms with Gasteiger partial charge in [0.15, 0.2) is 0 Å². The van der Waals surface area contributed by atoms with E-state index >= 15 is 0 Å². The molecule has 0 fully saturated rings. The van der Waals surface area contributed by atoms with Crippen LogP contribution in [0.15, 0.2) is 12.8 Å². The first-order valence-corrected chi connectivity index (χ1v) is 31.7. The molecule has 0 bridgehead atoms. The maximum absolute atomic E-state index is 12.7. The zero-order valence-corrected chi connectivity index (χ0v) is 50.7. The summed E-state index contributed by atoms with van der Waals surface area (Å²) in [5.41, 5.74) is 0. The molecule has 0 aromatic heterocycles. The van der Waals surface area contributed by atoms with Crippen LogP contribution in [-0.4, -0.2) is 134 Å². The van der Waals surface area contributed by atoms with Crippen molar-refractivity contribution in [3.63, 3.8) is 0 Å². The molecule has 0 aromatic rings. The van der Waals surface area contributed by atoms with Gasteiger partial charge in [0, 0.05) is 0 Å². The SMILES string of the molecule is C=COC(C(COCCOC(=O)C[CH](C)[Co](=[O])[NH]S)OCCOC(=O)C[CH](C)[Co](=[O])[NH]S)C(OCCOC(=O)C[CH](C)[Co](=[O])[NH]S)C(COCCOC(=O)C[CH](C)[Co](=[O])[NH]S)OCCOC(=O)C[CH](C)[Co](=[O])[NH]S. The molecule has 0 radical (unpaired) electrons. The van der Waals surface area contributed by atoms with Crippen LogP contribution >= 0.6 is 64.1 Å². The van der Waals surface area contributed by atoms with Gasteiger partial charge in [-0.1, -0.05) is 0 Å². The molecule has 0 saturated heterocycles. The van der Waals surface area contributed by atoms with Gasteiger partial charge in [-0.3, -0.25) is 0 Å². The van der Waals surface area contributed by atoms with Crippen molar-refractivity contribution in [2.45, 2.75) is 115 Å². The second-order valence-electron chi connectivity index (χ2n) is 14.5. The molecule has 0 spiro atoms. The molecule has 0 saturated carbocycles. The van der Waals surface area contributed by atoms with E-state index in [1.165, 1.54) is 0 Å². The van der Waals surface area contributed by atoms with Crippen molar-refractivity contribution in [2.24, 2.45) is 0 Å². The van der Waals surface area contributed by atoms with Gasteiger partial charge in [0.05, 0.1) is 0 Å². The number of nitrogens with one attached hydrogen (secondary N) is 5. The minimum atomic E-state index is -2.01. The Hall–Kier alpha value is -0.228. The average Bonchev–Trinajstić information content (AvgIpc) is 3.37. The van der Waals surface area contributed by atoms with Gasteiger partial charge in [0.25, 0.3) is 0 Å². The Bertz CT molecular complexity index is 1800. The van der Waals surface area contributed by atoms with Crippen molar-refractivity contribution in [1.29, 1.82) is 0 Å². The molecular formula is C38H71Co5N5O21S5. The van der Waals surface area contributed by atoms with Crippen LogP contribution in [-0.2, 0) is 164 Å². The van der Waals surface area contributed by atoms with Gasteiger partial charge >= 0.3 is 485 Å². The molecule has 9 unspecified atom stereocenters. The van der Waals surface area contributed by atoms with Crippen LogP contribution in [0.2, 0.25) is 24.3 Å².